The summed E-state index contributed by atoms with van der Waals surface area (Å²) in [6, 6.07) is 15.7. The number of thiazole rings is 1. The lowest BCUT2D eigenvalue weighted by atomic mass is 10.1. The quantitative estimate of drug-likeness (QED) is 0.369. The third-order valence-electron chi connectivity index (χ3n) is 3.63. The number of nitriles is 1. The standard InChI is InChI=1S/C19H13N3O3S/c1-25-17-4-2-3-13(10-17)9-15(11-20)19-21-18(12-26-19)14-5-7-16(8-6-14)22(23)24/h2-10,12H,1H3/b15-9-. The van der Waals surface area contributed by atoms with E-state index < -0.39 is 4.92 Å². The predicted octanol–water partition coefficient (Wildman–Crippen LogP) is 4.79. The molecule has 0 bridgehead atoms. The van der Waals surface area contributed by atoms with Crippen LogP contribution in [0.2, 0.25) is 0 Å². The third kappa shape index (κ3) is 3.77. The fourth-order valence-electron chi connectivity index (χ4n) is 2.32. The summed E-state index contributed by atoms with van der Waals surface area (Å²) in [4.78, 5) is 14.8. The minimum absolute atomic E-state index is 0.0276. The minimum atomic E-state index is -0.444. The molecule has 3 aromatic rings. The second kappa shape index (κ2) is 7.59. The lowest BCUT2D eigenvalue weighted by Crippen LogP contribution is -1.87. The molecular weight excluding hydrogens is 350 g/mol. The molecule has 0 unspecified atom stereocenters. The van der Waals surface area contributed by atoms with Crippen molar-refractivity contribution < 1.29 is 9.66 Å². The number of nitro benzene ring substituents is 1. The lowest BCUT2D eigenvalue weighted by molar-refractivity contribution is -0.384. The van der Waals surface area contributed by atoms with Crippen LogP contribution in [-0.2, 0) is 0 Å². The fraction of sp³-hybridized carbons (Fsp3) is 0.0526. The Balaban J connectivity index is 1.90. The number of nitro groups is 1. The number of hydrogen-bond donors (Lipinski definition) is 0. The second-order valence-corrected chi connectivity index (χ2v) is 6.15. The number of allylic oxidation sites excluding steroid dienone is 1. The van der Waals surface area contributed by atoms with Crippen molar-refractivity contribution in [3.05, 3.63) is 74.6 Å². The highest BCUT2D eigenvalue weighted by atomic mass is 32.1. The van der Waals surface area contributed by atoms with Gasteiger partial charge in [-0.1, -0.05) is 12.1 Å². The molecule has 0 aliphatic rings. The molecule has 1 aromatic heterocycles. The molecule has 0 amide bonds. The highest BCUT2D eigenvalue weighted by Gasteiger charge is 2.11. The molecule has 6 nitrogen and oxygen atoms in total. The molecule has 2 aromatic carbocycles. The molecule has 0 spiro atoms. The Morgan fingerprint density at radius 3 is 2.73 bits per heavy atom. The van der Waals surface area contributed by atoms with Gasteiger partial charge in [-0.2, -0.15) is 5.26 Å². The SMILES string of the molecule is COc1cccc(/C=C(/C#N)c2nc(-c3ccc([N+](=O)[O-])cc3)cs2)c1. The van der Waals surface area contributed by atoms with Gasteiger partial charge in [0.15, 0.2) is 0 Å². The van der Waals surface area contributed by atoms with Gasteiger partial charge in [0.25, 0.3) is 5.69 Å². The van der Waals surface area contributed by atoms with Gasteiger partial charge >= 0.3 is 0 Å². The summed E-state index contributed by atoms with van der Waals surface area (Å²) in [5, 5.41) is 22.6. The molecule has 3 rings (SSSR count). The fourth-order valence-corrected chi connectivity index (χ4v) is 3.12. The summed E-state index contributed by atoms with van der Waals surface area (Å²) < 4.78 is 5.19. The largest absolute Gasteiger partial charge is 0.497 e. The first-order chi connectivity index (χ1) is 12.6. The number of nitrogens with zero attached hydrogens (tertiary/aromatic N) is 3. The maximum Gasteiger partial charge on any atom is 0.269 e. The van der Waals surface area contributed by atoms with E-state index in [1.54, 1.807) is 25.3 Å². The monoisotopic (exact) mass is 363 g/mol. The van der Waals surface area contributed by atoms with E-state index in [-0.39, 0.29) is 5.69 Å². The Bertz CT molecular complexity index is 1020. The Hall–Kier alpha value is -3.50. The molecule has 0 N–H and O–H groups in total. The Kier molecular flexibility index (Phi) is 5.06. The number of methoxy groups -OCH3 is 1. The van der Waals surface area contributed by atoms with Crippen LogP contribution in [0.5, 0.6) is 5.75 Å². The molecule has 1 heterocycles. The molecule has 0 aliphatic carbocycles. The van der Waals surface area contributed by atoms with E-state index in [2.05, 4.69) is 11.1 Å². The normalized spacial score (nSPS) is 11.0. The summed E-state index contributed by atoms with van der Waals surface area (Å²) in [6.45, 7) is 0. The van der Waals surface area contributed by atoms with Crippen molar-refractivity contribution >= 4 is 28.7 Å². The molecule has 0 saturated heterocycles. The lowest BCUT2D eigenvalue weighted by Gasteiger charge is -2.01. The van der Waals surface area contributed by atoms with Crippen molar-refractivity contribution in [3.63, 3.8) is 0 Å². The van der Waals surface area contributed by atoms with Crippen LogP contribution in [0.15, 0.2) is 53.9 Å². The van der Waals surface area contributed by atoms with Crippen LogP contribution in [0.4, 0.5) is 5.69 Å². The van der Waals surface area contributed by atoms with E-state index in [4.69, 9.17) is 4.74 Å². The first-order valence-electron chi connectivity index (χ1n) is 7.57. The highest BCUT2D eigenvalue weighted by molar-refractivity contribution is 7.11. The van der Waals surface area contributed by atoms with Crippen LogP contribution in [0.1, 0.15) is 10.6 Å². The Morgan fingerprint density at radius 2 is 2.08 bits per heavy atom. The number of rotatable bonds is 5. The highest BCUT2D eigenvalue weighted by Crippen LogP contribution is 2.28. The summed E-state index contributed by atoms with van der Waals surface area (Å²) in [5.41, 5.74) is 2.74. The first kappa shape index (κ1) is 17.3. The molecule has 0 saturated carbocycles. The van der Waals surface area contributed by atoms with Crippen molar-refractivity contribution in [1.29, 1.82) is 5.26 Å². The third-order valence-corrected chi connectivity index (χ3v) is 4.51. The second-order valence-electron chi connectivity index (χ2n) is 5.29. The summed E-state index contributed by atoms with van der Waals surface area (Å²) in [6.07, 6.45) is 1.75. The van der Waals surface area contributed by atoms with Crippen molar-refractivity contribution in [2.75, 3.05) is 7.11 Å². The molecule has 0 fully saturated rings. The van der Waals surface area contributed by atoms with Crippen molar-refractivity contribution in [1.82, 2.24) is 4.98 Å². The molecule has 128 valence electrons. The van der Waals surface area contributed by atoms with E-state index in [9.17, 15) is 15.4 Å². The molecule has 0 radical (unpaired) electrons. The smallest absolute Gasteiger partial charge is 0.269 e. The van der Waals surface area contributed by atoms with Gasteiger partial charge in [0, 0.05) is 23.1 Å². The van der Waals surface area contributed by atoms with Crippen LogP contribution in [-0.4, -0.2) is 17.0 Å². The summed E-state index contributed by atoms with van der Waals surface area (Å²) in [5.74, 6) is 0.710. The number of ether oxygens (including phenoxy) is 1. The molecule has 7 heteroatoms. The molecule has 0 atom stereocenters. The number of hydrogen-bond acceptors (Lipinski definition) is 6. The Labute approximate surface area is 153 Å². The van der Waals surface area contributed by atoms with E-state index in [0.29, 0.717) is 22.0 Å². The van der Waals surface area contributed by atoms with E-state index in [1.165, 1.54) is 23.5 Å². The molecule has 26 heavy (non-hydrogen) atoms. The van der Waals surface area contributed by atoms with Gasteiger partial charge in [0.1, 0.15) is 16.8 Å². The zero-order chi connectivity index (χ0) is 18.5. The number of benzene rings is 2. The average molecular weight is 363 g/mol. The molecular formula is C19H13N3O3S. The first-order valence-corrected chi connectivity index (χ1v) is 8.45. The van der Waals surface area contributed by atoms with Gasteiger partial charge in [-0.25, -0.2) is 4.98 Å². The van der Waals surface area contributed by atoms with Crippen LogP contribution >= 0.6 is 11.3 Å². The van der Waals surface area contributed by atoms with E-state index in [1.807, 2.05) is 29.6 Å². The van der Waals surface area contributed by atoms with Gasteiger partial charge in [0.05, 0.1) is 23.3 Å². The van der Waals surface area contributed by atoms with Gasteiger partial charge in [-0.05, 0) is 35.9 Å². The van der Waals surface area contributed by atoms with Crippen LogP contribution in [0.3, 0.4) is 0 Å². The van der Waals surface area contributed by atoms with Crippen LogP contribution < -0.4 is 4.74 Å². The van der Waals surface area contributed by atoms with Gasteiger partial charge in [-0.3, -0.25) is 10.1 Å². The predicted molar refractivity (Wildman–Crippen MR) is 101 cm³/mol. The number of non-ortho nitro benzene ring substituents is 1. The minimum Gasteiger partial charge on any atom is -0.497 e. The van der Waals surface area contributed by atoms with E-state index in [0.717, 1.165) is 11.1 Å². The van der Waals surface area contributed by atoms with Crippen molar-refractivity contribution in [2.24, 2.45) is 0 Å². The summed E-state index contributed by atoms with van der Waals surface area (Å²) >= 11 is 1.35. The topological polar surface area (TPSA) is 89.0 Å². The van der Waals surface area contributed by atoms with Crippen LogP contribution in [0.25, 0.3) is 22.9 Å². The number of aromatic nitrogens is 1. The van der Waals surface area contributed by atoms with Gasteiger partial charge in [-0.15, -0.1) is 11.3 Å². The maximum absolute atomic E-state index is 10.7. The Morgan fingerprint density at radius 1 is 1.31 bits per heavy atom. The molecule has 0 aliphatic heterocycles. The van der Waals surface area contributed by atoms with Crippen LogP contribution in [0, 0.1) is 21.4 Å². The van der Waals surface area contributed by atoms with E-state index >= 15 is 0 Å². The van der Waals surface area contributed by atoms with Gasteiger partial charge in [0.2, 0.25) is 0 Å². The van der Waals surface area contributed by atoms with Crippen molar-refractivity contribution in [3.8, 4) is 23.1 Å². The van der Waals surface area contributed by atoms with Crippen molar-refractivity contribution in [2.45, 2.75) is 0 Å². The maximum atomic E-state index is 10.7. The average Bonchev–Trinajstić information content (AvgIpc) is 3.16. The summed E-state index contributed by atoms with van der Waals surface area (Å²) in [7, 11) is 1.59. The zero-order valence-corrected chi connectivity index (χ0v) is 14.6. The van der Waals surface area contributed by atoms with Gasteiger partial charge < -0.3 is 4.74 Å². The zero-order valence-electron chi connectivity index (χ0n) is 13.7.